The van der Waals surface area contributed by atoms with Crippen molar-refractivity contribution in [3.05, 3.63) is 0 Å². The Hall–Kier alpha value is -0.570. The highest BCUT2D eigenvalue weighted by molar-refractivity contribution is 5.77. The van der Waals surface area contributed by atoms with E-state index in [1.165, 1.54) is 0 Å². The number of hydrogen-bond donors (Lipinski definition) is 2. The van der Waals surface area contributed by atoms with Gasteiger partial charge in [0, 0.05) is 5.41 Å². The maximum Gasteiger partial charge on any atom is 0.321 e. The van der Waals surface area contributed by atoms with E-state index in [-0.39, 0.29) is 5.41 Å². The first kappa shape index (κ1) is 6.02. The molecule has 0 amide bonds. The van der Waals surface area contributed by atoms with Gasteiger partial charge in [-0.2, -0.15) is 0 Å². The first-order chi connectivity index (χ1) is 6.22. The molecule has 1 atom stereocenters. The molecule has 6 aliphatic rings. The van der Waals surface area contributed by atoms with Crippen LogP contribution in [0.4, 0.5) is 0 Å². The SMILES string of the molecule is N[C@@H](C(=O)O)C12C3C4C5C3C1C5C42. The molecule has 13 heavy (non-hydrogen) atoms. The topological polar surface area (TPSA) is 63.3 Å². The van der Waals surface area contributed by atoms with Crippen molar-refractivity contribution in [2.24, 2.45) is 52.6 Å². The maximum absolute atomic E-state index is 10.9. The van der Waals surface area contributed by atoms with Gasteiger partial charge in [0.2, 0.25) is 0 Å². The summed E-state index contributed by atoms with van der Waals surface area (Å²) < 4.78 is 0. The van der Waals surface area contributed by atoms with Gasteiger partial charge in [0.1, 0.15) is 6.04 Å². The summed E-state index contributed by atoms with van der Waals surface area (Å²) in [4.78, 5) is 10.9. The molecule has 0 aromatic carbocycles. The zero-order valence-electron chi connectivity index (χ0n) is 7.05. The minimum Gasteiger partial charge on any atom is -0.480 e. The fourth-order valence-corrected chi connectivity index (χ4v) is 6.36. The summed E-state index contributed by atoms with van der Waals surface area (Å²) in [5.41, 5.74) is 5.94. The maximum atomic E-state index is 10.9. The smallest absolute Gasteiger partial charge is 0.321 e. The van der Waals surface area contributed by atoms with Gasteiger partial charge < -0.3 is 10.8 Å². The van der Waals surface area contributed by atoms with Crippen LogP contribution >= 0.6 is 0 Å². The van der Waals surface area contributed by atoms with Crippen LogP contribution in [-0.2, 0) is 4.79 Å². The number of hydrogen-bond acceptors (Lipinski definition) is 2. The number of carboxylic acids is 1. The summed E-state index contributed by atoms with van der Waals surface area (Å²) in [6.45, 7) is 0. The summed E-state index contributed by atoms with van der Waals surface area (Å²) in [6, 6.07) is -0.544. The first-order valence-electron chi connectivity index (χ1n) is 5.20. The zero-order valence-corrected chi connectivity index (χ0v) is 7.05. The third-order valence-corrected chi connectivity index (χ3v) is 6.36. The summed E-state index contributed by atoms with van der Waals surface area (Å²) in [5.74, 6) is 5.34. The number of rotatable bonds is 2. The zero-order chi connectivity index (χ0) is 8.70. The van der Waals surface area contributed by atoms with Crippen LogP contribution in [0.15, 0.2) is 0 Å². The molecular formula is C10H11NO2. The molecule has 0 radical (unpaired) electrons. The van der Waals surface area contributed by atoms with E-state index in [1.807, 2.05) is 0 Å². The van der Waals surface area contributed by atoms with Gasteiger partial charge >= 0.3 is 5.97 Å². The normalized spacial score (nSPS) is 79.0. The van der Waals surface area contributed by atoms with Gasteiger partial charge in [0.25, 0.3) is 0 Å². The molecule has 6 fully saturated rings. The molecule has 0 saturated heterocycles. The Bertz CT molecular complexity index is 326. The standard InChI is InChI=1S/C10H11NO2/c11-8(9(12)13)10-5-2-1-3(5)7(10)4(1)6(2)10/h1-8H,11H2,(H,12,13)/t1?,2?,3?,4?,5?,6?,7?,8-,10?/m0/s1. The molecular weight excluding hydrogens is 166 g/mol. The van der Waals surface area contributed by atoms with Crippen molar-refractivity contribution in [3.63, 3.8) is 0 Å². The van der Waals surface area contributed by atoms with E-state index in [2.05, 4.69) is 0 Å². The monoisotopic (exact) mass is 177 g/mol. The molecule has 0 unspecified atom stereocenters. The van der Waals surface area contributed by atoms with E-state index >= 15 is 0 Å². The van der Waals surface area contributed by atoms with Gasteiger partial charge in [-0.15, -0.1) is 0 Å². The average Bonchev–Trinajstić information content (AvgIpc) is 2.17. The Balaban J connectivity index is 1.62. The quantitative estimate of drug-likeness (QED) is 0.612. The van der Waals surface area contributed by atoms with Crippen LogP contribution in [0.25, 0.3) is 0 Å². The van der Waals surface area contributed by atoms with E-state index in [9.17, 15) is 4.79 Å². The van der Waals surface area contributed by atoms with E-state index in [0.29, 0.717) is 0 Å². The fourth-order valence-electron chi connectivity index (χ4n) is 6.36. The van der Waals surface area contributed by atoms with Gasteiger partial charge in [0.15, 0.2) is 0 Å². The number of carbonyl (C=O) groups is 1. The molecule has 0 spiro atoms. The third-order valence-electron chi connectivity index (χ3n) is 6.36. The van der Waals surface area contributed by atoms with Crippen LogP contribution < -0.4 is 5.73 Å². The Morgan fingerprint density at radius 2 is 1.62 bits per heavy atom. The fraction of sp³-hybridized carbons (Fsp3) is 0.900. The Morgan fingerprint density at radius 1 is 1.15 bits per heavy atom. The van der Waals surface area contributed by atoms with Crippen LogP contribution in [0.1, 0.15) is 0 Å². The summed E-state index contributed by atoms with van der Waals surface area (Å²) in [5, 5.41) is 8.96. The molecule has 6 rings (SSSR count). The van der Waals surface area contributed by atoms with Crippen LogP contribution in [0.2, 0.25) is 0 Å². The van der Waals surface area contributed by atoms with Crippen molar-refractivity contribution in [3.8, 4) is 0 Å². The van der Waals surface area contributed by atoms with E-state index in [0.717, 1.165) is 41.4 Å². The lowest BCUT2D eigenvalue weighted by Crippen LogP contribution is -3.07. The van der Waals surface area contributed by atoms with Gasteiger partial charge in [-0.3, -0.25) is 4.79 Å². The minimum atomic E-state index is -0.768. The van der Waals surface area contributed by atoms with Crippen molar-refractivity contribution >= 4 is 5.97 Å². The van der Waals surface area contributed by atoms with Gasteiger partial charge in [-0.25, -0.2) is 0 Å². The van der Waals surface area contributed by atoms with Gasteiger partial charge in [-0.05, 0) is 41.4 Å². The average molecular weight is 177 g/mol. The summed E-state index contributed by atoms with van der Waals surface area (Å²) in [7, 11) is 0. The second kappa shape index (κ2) is 1.18. The molecule has 3 nitrogen and oxygen atoms in total. The number of carboxylic acid groups (broad SMARTS) is 1. The molecule has 3 N–H and O–H groups in total. The summed E-state index contributed by atoms with van der Waals surface area (Å²) in [6.07, 6.45) is 0. The Morgan fingerprint density at radius 3 is 2.00 bits per heavy atom. The van der Waals surface area contributed by atoms with E-state index in [4.69, 9.17) is 10.8 Å². The van der Waals surface area contributed by atoms with Gasteiger partial charge in [-0.1, -0.05) is 0 Å². The molecule has 0 heterocycles. The van der Waals surface area contributed by atoms with E-state index < -0.39 is 12.0 Å². The number of nitrogens with two attached hydrogens (primary N) is 1. The lowest BCUT2D eigenvalue weighted by Gasteiger charge is -3.08. The highest BCUT2D eigenvalue weighted by atomic mass is 16.4. The molecule has 0 aromatic rings. The van der Waals surface area contributed by atoms with Crippen LogP contribution in [0.5, 0.6) is 0 Å². The minimum absolute atomic E-state index is 0.126. The molecule has 3 heteroatoms. The molecule has 6 aliphatic carbocycles. The third kappa shape index (κ3) is 0.253. The van der Waals surface area contributed by atoms with Crippen molar-refractivity contribution in [1.29, 1.82) is 0 Å². The second-order valence-corrected chi connectivity index (χ2v) is 5.70. The van der Waals surface area contributed by atoms with Crippen molar-refractivity contribution < 1.29 is 9.90 Å². The van der Waals surface area contributed by atoms with Crippen LogP contribution in [-0.4, -0.2) is 17.1 Å². The lowest BCUT2D eigenvalue weighted by molar-refractivity contribution is -0.616. The largest absolute Gasteiger partial charge is 0.480 e. The van der Waals surface area contributed by atoms with Crippen LogP contribution in [0.3, 0.4) is 0 Å². The first-order valence-corrected chi connectivity index (χ1v) is 5.20. The molecule has 0 aromatic heterocycles. The van der Waals surface area contributed by atoms with Crippen molar-refractivity contribution in [2.45, 2.75) is 6.04 Å². The van der Waals surface area contributed by atoms with Crippen molar-refractivity contribution in [2.75, 3.05) is 0 Å². The molecule has 68 valence electrons. The highest BCUT2D eigenvalue weighted by Crippen LogP contribution is 3.06. The predicted molar refractivity (Wildman–Crippen MR) is 42.5 cm³/mol. The molecule has 0 aliphatic heterocycles. The van der Waals surface area contributed by atoms with Crippen LogP contribution in [0, 0.1) is 46.8 Å². The second-order valence-electron chi connectivity index (χ2n) is 5.70. The Kier molecular flexibility index (Phi) is 0.547. The highest BCUT2D eigenvalue weighted by Gasteiger charge is 3.05. The predicted octanol–water partition coefficient (Wildman–Crippen LogP) is -0.234. The Labute approximate surface area is 75.3 Å². The summed E-state index contributed by atoms with van der Waals surface area (Å²) >= 11 is 0. The molecule has 6 saturated carbocycles. The van der Waals surface area contributed by atoms with Crippen molar-refractivity contribution in [1.82, 2.24) is 0 Å². The number of aliphatic carboxylic acids is 1. The lowest BCUT2D eigenvalue weighted by atomic mass is 8.96. The van der Waals surface area contributed by atoms with Gasteiger partial charge in [0.05, 0.1) is 0 Å². The molecule has 0 bridgehead atoms. The van der Waals surface area contributed by atoms with E-state index in [1.54, 1.807) is 0 Å².